The number of hydrazone groups is 1. The van der Waals surface area contributed by atoms with Crippen LogP contribution in [0.1, 0.15) is 64.2 Å². The lowest BCUT2D eigenvalue weighted by Crippen LogP contribution is -2.46. The second-order valence-electron chi connectivity index (χ2n) is 7.36. The lowest BCUT2D eigenvalue weighted by Gasteiger charge is -2.28. The van der Waals surface area contributed by atoms with E-state index in [0.29, 0.717) is 18.6 Å². The Labute approximate surface area is 149 Å². The lowest BCUT2D eigenvalue weighted by atomic mass is 9.96. The van der Waals surface area contributed by atoms with E-state index in [1.165, 1.54) is 24.3 Å². The highest BCUT2D eigenvalue weighted by Gasteiger charge is 2.37. The lowest BCUT2D eigenvalue weighted by molar-refractivity contribution is -0.133. The number of nitrogens with one attached hydrogen (secondary N) is 1. The van der Waals surface area contributed by atoms with Crippen LogP contribution in [0.3, 0.4) is 0 Å². The van der Waals surface area contributed by atoms with Gasteiger partial charge in [-0.3, -0.25) is 9.59 Å². The molecule has 1 N–H and O–H groups in total. The van der Waals surface area contributed by atoms with Gasteiger partial charge in [-0.05, 0) is 19.3 Å². The zero-order chi connectivity index (χ0) is 17.9. The van der Waals surface area contributed by atoms with E-state index in [-0.39, 0.29) is 35.8 Å². The van der Waals surface area contributed by atoms with Crippen molar-refractivity contribution >= 4 is 27.4 Å². The standard InChI is InChI=1S/C17H27N3O4S/c21-16-9-8-15(19-20(16)14-10-11-25(23,24)12-14)17(22)18-13-6-4-2-1-3-5-7-13/h13-14H,1-12H2,(H,18,22). The predicted molar refractivity (Wildman–Crippen MR) is 94.8 cm³/mol. The molecule has 2 heterocycles. The number of nitrogens with zero attached hydrogens (tertiary/aromatic N) is 2. The van der Waals surface area contributed by atoms with Crippen LogP contribution in [-0.4, -0.2) is 54.5 Å². The third-order valence-corrected chi connectivity index (χ3v) is 7.07. The van der Waals surface area contributed by atoms with E-state index in [9.17, 15) is 18.0 Å². The minimum absolute atomic E-state index is 0.0558. The number of hydrogen-bond donors (Lipinski definition) is 1. The smallest absolute Gasteiger partial charge is 0.267 e. The number of rotatable bonds is 3. The molecule has 0 aromatic rings. The highest BCUT2D eigenvalue weighted by Crippen LogP contribution is 2.22. The van der Waals surface area contributed by atoms with E-state index in [2.05, 4.69) is 10.4 Å². The maximum atomic E-state index is 12.6. The first kappa shape index (κ1) is 18.4. The van der Waals surface area contributed by atoms with Crippen molar-refractivity contribution in [2.45, 2.75) is 76.3 Å². The van der Waals surface area contributed by atoms with Crippen molar-refractivity contribution < 1.29 is 18.0 Å². The molecule has 3 aliphatic rings. The van der Waals surface area contributed by atoms with Gasteiger partial charge in [0.15, 0.2) is 9.84 Å². The fourth-order valence-corrected chi connectivity index (χ4v) is 5.55. The van der Waals surface area contributed by atoms with Crippen LogP contribution < -0.4 is 5.32 Å². The van der Waals surface area contributed by atoms with Gasteiger partial charge in [0, 0.05) is 18.9 Å². The summed E-state index contributed by atoms with van der Waals surface area (Å²) in [7, 11) is -3.10. The van der Waals surface area contributed by atoms with Crippen molar-refractivity contribution in [1.29, 1.82) is 0 Å². The molecule has 2 fully saturated rings. The molecule has 0 bridgehead atoms. The van der Waals surface area contributed by atoms with E-state index < -0.39 is 15.9 Å². The summed E-state index contributed by atoms with van der Waals surface area (Å²) in [5.41, 5.74) is 0.353. The van der Waals surface area contributed by atoms with Gasteiger partial charge in [0.05, 0.1) is 17.5 Å². The summed E-state index contributed by atoms with van der Waals surface area (Å²) < 4.78 is 23.3. The Morgan fingerprint density at radius 1 is 1.04 bits per heavy atom. The first-order valence-corrected chi connectivity index (χ1v) is 11.2. The molecule has 0 radical (unpaired) electrons. The molecule has 0 aromatic carbocycles. The van der Waals surface area contributed by atoms with Crippen LogP contribution in [0.15, 0.2) is 5.10 Å². The second kappa shape index (κ2) is 7.85. The van der Waals surface area contributed by atoms with Gasteiger partial charge in [0.25, 0.3) is 5.91 Å². The third kappa shape index (κ3) is 4.80. The van der Waals surface area contributed by atoms with Crippen molar-refractivity contribution in [3.63, 3.8) is 0 Å². The van der Waals surface area contributed by atoms with Crippen molar-refractivity contribution in [3.8, 4) is 0 Å². The molecule has 0 aromatic heterocycles. The Morgan fingerprint density at radius 2 is 1.72 bits per heavy atom. The summed E-state index contributed by atoms with van der Waals surface area (Å²) >= 11 is 0. The molecule has 0 spiro atoms. The van der Waals surface area contributed by atoms with Gasteiger partial charge >= 0.3 is 0 Å². The number of carbonyl (C=O) groups excluding carboxylic acids is 2. The first-order chi connectivity index (χ1) is 11.9. The maximum Gasteiger partial charge on any atom is 0.267 e. The number of sulfone groups is 1. The Balaban J connectivity index is 1.65. The van der Waals surface area contributed by atoms with Gasteiger partial charge in [0.1, 0.15) is 5.71 Å². The Morgan fingerprint density at radius 3 is 2.36 bits per heavy atom. The van der Waals surface area contributed by atoms with Crippen LogP contribution in [0.25, 0.3) is 0 Å². The molecule has 1 unspecified atom stereocenters. The molecular weight excluding hydrogens is 342 g/mol. The summed E-state index contributed by atoms with van der Waals surface area (Å²) in [5, 5.41) is 8.57. The summed E-state index contributed by atoms with van der Waals surface area (Å²) in [6.45, 7) is 0. The van der Waals surface area contributed by atoms with Crippen LogP contribution in [0.2, 0.25) is 0 Å². The van der Waals surface area contributed by atoms with E-state index in [1.54, 1.807) is 0 Å². The molecular formula is C17H27N3O4S. The summed E-state index contributed by atoms with van der Waals surface area (Å²) in [4.78, 5) is 24.7. The molecule has 25 heavy (non-hydrogen) atoms. The SMILES string of the molecule is O=C(NC1CCCCCCC1)C1=NN(C2CCS(=O)(=O)C2)C(=O)CC1. The molecule has 8 heteroatoms. The molecule has 1 atom stereocenters. The number of carbonyl (C=O) groups is 2. The molecule has 1 saturated carbocycles. The molecule has 140 valence electrons. The monoisotopic (exact) mass is 369 g/mol. The molecule has 3 rings (SSSR count). The molecule has 1 aliphatic carbocycles. The van der Waals surface area contributed by atoms with Gasteiger partial charge in [-0.1, -0.05) is 32.1 Å². The van der Waals surface area contributed by atoms with Gasteiger partial charge in [-0.2, -0.15) is 5.10 Å². The molecule has 2 aliphatic heterocycles. The summed E-state index contributed by atoms with van der Waals surface area (Å²) in [6, 6.07) is -0.254. The Kier molecular flexibility index (Phi) is 5.76. The average Bonchev–Trinajstić information content (AvgIpc) is 2.90. The van der Waals surface area contributed by atoms with Crippen LogP contribution >= 0.6 is 0 Å². The normalized spacial score (nSPS) is 28.2. The Hall–Kier alpha value is -1.44. The fraction of sp³-hybridized carbons (Fsp3) is 0.824. The maximum absolute atomic E-state index is 12.6. The molecule has 2 amide bonds. The first-order valence-electron chi connectivity index (χ1n) is 9.35. The number of amides is 2. The molecule has 1 saturated heterocycles. The van der Waals surface area contributed by atoms with Crippen molar-refractivity contribution in [2.75, 3.05) is 11.5 Å². The van der Waals surface area contributed by atoms with Crippen LogP contribution in [0, 0.1) is 0 Å². The minimum atomic E-state index is -3.10. The van der Waals surface area contributed by atoms with Crippen LogP contribution in [-0.2, 0) is 19.4 Å². The van der Waals surface area contributed by atoms with E-state index >= 15 is 0 Å². The Bertz CT molecular complexity index is 651. The summed E-state index contributed by atoms with van der Waals surface area (Å²) in [5.74, 6) is -0.367. The molecule has 7 nitrogen and oxygen atoms in total. The van der Waals surface area contributed by atoms with E-state index in [0.717, 1.165) is 25.7 Å². The van der Waals surface area contributed by atoms with Crippen molar-refractivity contribution in [3.05, 3.63) is 0 Å². The fourth-order valence-electron chi connectivity index (χ4n) is 3.86. The van der Waals surface area contributed by atoms with E-state index in [4.69, 9.17) is 0 Å². The average molecular weight is 369 g/mol. The zero-order valence-electron chi connectivity index (χ0n) is 14.6. The highest BCUT2D eigenvalue weighted by molar-refractivity contribution is 7.91. The van der Waals surface area contributed by atoms with Gasteiger partial charge in [-0.25, -0.2) is 13.4 Å². The van der Waals surface area contributed by atoms with Crippen LogP contribution in [0.5, 0.6) is 0 Å². The largest absolute Gasteiger partial charge is 0.348 e. The predicted octanol–water partition coefficient (Wildman–Crippen LogP) is 1.38. The topological polar surface area (TPSA) is 95.9 Å². The summed E-state index contributed by atoms with van der Waals surface area (Å²) in [6.07, 6.45) is 8.87. The van der Waals surface area contributed by atoms with Gasteiger partial charge in [-0.15, -0.1) is 0 Å². The van der Waals surface area contributed by atoms with Crippen molar-refractivity contribution in [1.82, 2.24) is 10.3 Å². The van der Waals surface area contributed by atoms with Crippen molar-refractivity contribution in [2.24, 2.45) is 5.10 Å². The quantitative estimate of drug-likeness (QED) is 0.813. The van der Waals surface area contributed by atoms with Gasteiger partial charge < -0.3 is 5.32 Å². The van der Waals surface area contributed by atoms with Crippen LogP contribution in [0.4, 0.5) is 0 Å². The number of hydrogen-bond acceptors (Lipinski definition) is 5. The second-order valence-corrected chi connectivity index (χ2v) is 9.59. The zero-order valence-corrected chi connectivity index (χ0v) is 15.4. The minimum Gasteiger partial charge on any atom is -0.348 e. The van der Waals surface area contributed by atoms with E-state index in [1.807, 2.05) is 0 Å². The third-order valence-electron chi connectivity index (χ3n) is 5.32. The highest BCUT2D eigenvalue weighted by atomic mass is 32.2. The van der Waals surface area contributed by atoms with Gasteiger partial charge in [0.2, 0.25) is 5.91 Å².